The van der Waals surface area contributed by atoms with E-state index in [0.29, 0.717) is 12.8 Å². The van der Waals surface area contributed by atoms with Crippen LogP contribution in [0.4, 0.5) is 0 Å². The molecule has 1 N–H and O–H groups in total. The van der Waals surface area contributed by atoms with Crippen LogP contribution >= 0.6 is 0 Å². The van der Waals surface area contributed by atoms with Crippen LogP contribution in [-0.4, -0.2) is 35.0 Å². The Morgan fingerprint density at radius 2 is 1.86 bits per heavy atom. The maximum Gasteiger partial charge on any atom is 0.238 e. The predicted molar refractivity (Wildman–Crippen MR) is 84.3 cm³/mol. The molecule has 1 heterocycles. The molecule has 4 nitrogen and oxygen atoms in total. The number of hydrogen-bond donors (Lipinski definition) is 1. The number of likely N-dealkylation sites (tertiary alicyclic amines) is 1. The Balaban J connectivity index is 2.65. The lowest BCUT2D eigenvalue weighted by atomic mass is 9.82. The largest absolute Gasteiger partial charge is 0.312 e. The number of rotatable bonds is 4. The van der Waals surface area contributed by atoms with Gasteiger partial charge in [-0.05, 0) is 38.5 Å². The maximum absolute atomic E-state index is 12.4. The third kappa shape index (κ3) is 5.06. The fraction of sp³-hybridized carbons (Fsp3) is 0.765. The zero-order chi connectivity index (χ0) is 16.3. The van der Waals surface area contributed by atoms with Crippen LogP contribution in [0.2, 0.25) is 0 Å². The summed E-state index contributed by atoms with van der Waals surface area (Å²) in [6, 6.07) is 1.55. The molecule has 4 heteroatoms. The molecule has 0 aliphatic carbocycles. The van der Waals surface area contributed by atoms with Crippen molar-refractivity contribution in [2.45, 2.75) is 71.5 Å². The highest BCUT2D eigenvalue weighted by Gasteiger charge is 2.36. The lowest BCUT2D eigenvalue weighted by Gasteiger charge is -2.34. The van der Waals surface area contributed by atoms with E-state index in [2.05, 4.69) is 51.9 Å². The number of hydrogen-bond acceptors (Lipinski definition) is 3. The van der Waals surface area contributed by atoms with Crippen LogP contribution in [0.1, 0.15) is 53.9 Å². The number of terminal acetylenes is 1. The molecule has 1 saturated heterocycles. The molecule has 21 heavy (non-hydrogen) atoms. The van der Waals surface area contributed by atoms with Crippen LogP contribution in [0.15, 0.2) is 0 Å². The number of carbonyl (C=O) groups is 1. The molecule has 1 rings (SSSR count). The minimum absolute atomic E-state index is 0.0796. The van der Waals surface area contributed by atoms with Gasteiger partial charge in [0.1, 0.15) is 6.04 Å². The normalized spacial score (nSPS) is 22.7. The molecule has 0 radical (unpaired) electrons. The van der Waals surface area contributed by atoms with Gasteiger partial charge in [-0.1, -0.05) is 26.7 Å². The van der Waals surface area contributed by atoms with E-state index in [1.54, 1.807) is 4.90 Å². The molecule has 1 aliphatic heterocycles. The standard InChI is InChI=1S/C17H27N3O/c1-7-13-8-9-14(10-18)20(13)15(21)11-19-17(5,6)12-16(2,3)4/h1,13-14,19H,8-9,11-12H2,2-6H3/t13-,14+/m1/s1. The molecule has 1 amide bonds. The van der Waals surface area contributed by atoms with Crippen LogP contribution in [0, 0.1) is 29.1 Å². The Kier molecular flexibility index (Phi) is 5.42. The topological polar surface area (TPSA) is 56.1 Å². The molecule has 0 aromatic carbocycles. The van der Waals surface area contributed by atoms with Crippen molar-refractivity contribution in [2.75, 3.05) is 6.54 Å². The summed E-state index contributed by atoms with van der Waals surface area (Å²) in [5.74, 6) is 2.54. The van der Waals surface area contributed by atoms with Crippen molar-refractivity contribution in [3.63, 3.8) is 0 Å². The smallest absolute Gasteiger partial charge is 0.238 e. The third-order valence-corrected chi connectivity index (χ3v) is 3.70. The average molecular weight is 289 g/mol. The van der Waals surface area contributed by atoms with E-state index >= 15 is 0 Å². The highest BCUT2D eigenvalue weighted by molar-refractivity contribution is 5.80. The van der Waals surface area contributed by atoms with E-state index < -0.39 is 0 Å². The lowest BCUT2D eigenvalue weighted by Crippen LogP contribution is -2.50. The number of carbonyl (C=O) groups excluding carboxylic acids is 1. The van der Waals surface area contributed by atoms with E-state index in [1.807, 2.05) is 0 Å². The van der Waals surface area contributed by atoms with Crippen molar-refractivity contribution < 1.29 is 4.79 Å². The van der Waals surface area contributed by atoms with Gasteiger partial charge in [-0.2, -0.15) is 5.26 Å². The minimum atomic E-state index is -0.383. The molecule has 0 aromatic rings. The molecule has 0 aromatic heterocycles. The second kappa shape index (κ2) is 6.50. The van der Waals surface area contributed by atoms with E-state index in [4.69, 9.17) is 11.7 Å². The molecular formula is C17H27N3O. The minimum Gasteiger partial charge on any atom is -0.312 e. The third-order valence-electron chi connectivity index (χ3n) is 3.70. The molecule has 0 unspecified atom stereocenters. The van der Waals surface area contributed by atoms with Crippen molar-refractivity contribution >= 4 is 5.91 Å². The summed E-state index contributed by atoms with van der Waals surface area (Å²) in [6.45, 7) is 10.9. The number of nitrogens with one attached hydrogen (secondary N) is 1. The Labute approximate surface area is 128 Å². The summed E-state index contributed by atoms with van der Waals surface area (Å²) in [4.78, 5) is 14.0. The van der Waals surface area contributed by atoms with Crippen molar-refractivity contribution in [2.24, 2.45) is 5.41 Å². The SMILES string of the molecule is C#C[C@@H]1CC[C@@H](C#N)N1C(=O)CNC(C)(C)CC(C)(C)C. The van der Waals surface area contributed by atoms with Crippen molar-refractivity contribution in [3.05, 3.63) is 0 Å². The Morgan fingerprint density at radius 1 is 1.29 bits per heavy atom. The number of nitrogens with zero attached hydrogens (tertiary/aromatic N) is 2. The molecule has 0 saturated carbocycles. The summed E-state index contributed by atoms with van der Waals surface area (Å²) in [5.41, 5.74) is 0.0468. The first-order valence-electron chi connectivity index (χ1n) is 7.51. The fourth-order valence-electron chi connectivity index (χ4n) is 3.24. The Bertz CT molecular complexity index is 440. The van der Waals surface area contributed by atoms with E-state index in [9.17, 15) is 4.79 Å². The monoisotopic (exact) mass is 289 g/mol. The maximum atomic E-state index is 12.4. The van der Waals surface area contributed by atoms with Gasteiger partial charge in [0.15, 0.2) is 0 Å². The zero-order valence-corrected chi connectivity index (χ0v) is 13.9. The van der Waals surface area contributed by atoms with Gasteiger partial charge < -0.3 is 10.2 Å². The molecule has 0 spiro atoms. The predicted octanol–water partition coefficient (Wildman–Crippen LogP) is 2.31. The van der Waals surface area contributed by atoms with Gasteiger partial charge in [-0.3, -0.25) is 4.79 Å². The second-order valence-corrected chi connectivity index (χ2v) is 7.68. The molecule has 0 bridgehead atoms. The molecule has 1 fully saturated rings. The summed E-state index contributed by atoms with van der Waals surface area (Å²) in [6.07, 6.45) is 7.81. The van der Waals surface area contributed by atoms with Gasteiger partial charge in [0.2, 0.25) is 5.91 Å². The highest BCUT2D eigenvalue weighted by Crippen LogP contribution is 2.27. The van der Waals surface area contributed by atoms with Crippen LogP contribution in [-0.2, 0) is 4.79 Å². The molecule has 2 atom stereocenters. The van der Waals surface area contributed by atoms with Gasteiger partial charge in [0, 0.05) is 5.54 Å². The summed E-state index contributed by atoms with van der Waals surface area (Å²) in [7, 11) is 0. The lowest BCUT2D eigenvalue weighted by molar-refractivity contribution is -0.131. The van der Waals surface area contributed by atoms with Gasteiger partial charge in [-0.25, -0.2) is 0 Å². The van der Waals surface area contributed by atoms with Gasteiger partial charge in [0.25, 0.3) is 0 Å². The highest BCUT2D eigenvalue weighted by atomic mass is 16.2. The first kappa shape index (κ1) is 17.5. The van der Waals surface area contributed by atoms with Crippen LogP contribution in [0.25, 0.3) is 0 Å². The van der Waals surface area contributed by atoms with Crippen molar-refractivity contribution in [1.82, 2.24) is 10.2 Å². The van der Waals surface area contributed by atoms with Crippen LogP contribution in [0.3, 0.4) is 0 Å². The van der Waals surface area contributed by atoms with E-state index in [-0.39, 0.29) is 35.5 Å². The summed E-state index contributed by atoms with van der Waals surface area (Å²) in [5, 5.41) is 12.5. The summed E-state index contributed by atoms with van der Waals surface area (Å²) < 4.78 is 0. The average Bonchev–Trinajstić information content (AvgIpc) is 2.76. The van der Waals surface area contributed by atoms with Crippen molar-refractivity contribution in [1.29, 1.82) is 5.26 Å². The Hall–Kier alpha value is -1.52. The van der Waals surface area contributed by atoms with Gasteiger partial charge in [-0.15, -0.1) is 6.42 Å². The fourth-order valence-corrected chi connectivity index (χ4v) is 3.24. The van der Waals surface area contributed by atoms with Gasteiger partial charge in [0.05, 0.1) is 18.7 Å². The quantitative estimate of drug-likeness (QED) is 0.808. The second-order valence-electron chi connectivity index (χ2n) is 7.68. The van der Waals surface area contributed by atoms with E-state index in [1.165, 1.54) is 0 Å². The van der Waals surface area contributed by atoms with Crippen LogP contribution < -0.4 is 5.32 Å². The van der Waals surface area contributed by atoms with E-state index in [0.717, 1.165) is 6.42 Å². The first-order valence-corrected chi connectivity index (χ1v) is 7.51. The zero-order valence-electron chi connectivity index (χ0n) is 13.9. The first-order chi connectivity index (χ1) is 9.59. The number of amides is 1. The Morgan fingerprint density at radius 3 is 2.33 bits per heavy atom. The molecule has 116 valence electrons. The summed E-state index contributed by atoms with van der Waals surface area (Å²) >= 11 is 0. The molecular weight excluding hydrogens is 262 g/mol. The molecule has 1 aliphatic rings. The van der Waals surface area contributed by atoms with Crippen LogP contribution in [0.5, 0.6) is 0 Å². The van der Waals surface area contributed by atoms with Crippen molar-refractivity contribution in [3.8, 4) is 18.4 Å². The van der Waals surface area contributed by atoms with Gasteiger partial charge >= 0.3 is 0 Å². The number of nitriles is 1.